The van der Waals surface area contributed by atoms with Crippen LogP contribution in [-0.4, -0.2) is 29.6 Å². The van der Waals surface area contributed by atoms with Gasteiger partial charge in [0.2, 0.25) is 0 Å². The number of carbonyl (C=O) groups excluding carboxylic acids is 2. The number of esters is 1. The molecule has 6 nitrogen and oxygen atoms in total. The zero-order chi connectivity index (χ0) is 24.8. The van der Waals surface area contributed by atoms with Crippen LogP contribution in [0.2, 0.25) is 0 Å². The van der Waals surface area contributed by atoms with Crippen LogP contribution in [0.5, 0.6) is 23.0 Å². The van der Waals surface area contributed by atoms with Gasteiger partial charge in [-0.05, 0) is 88.3 Å². The molecule has 0 spiro atoms. The van der Waals surface area contributed by atoms with Gasteiger partial charge in [0.25, 0.3) is 0 Å². The molecule has 0 aliphatic rings. The number of methoxy groups -OCH3 is 1. The third-order valence-corrected chi connectivity index (χ3v) is 5.31. The highest BCUT2D eigenvalue weighted by atomic mass is 16.5. The Labute approximate surface area is 201 Å². The SMILES string of the molecule is COc1ccc(OC(=O)c2ccc3cc(O)ccc3c2)cc1.O=Cc1ccc2cc(O)ccc2c1. The van der Waals surface area contributed by atoms with Crippen molar-refractivity contribution in [1.29, 1.82) is 0 Å². The molecule has 174 valence electrons. The van der Waals surface area contributed by atoms with Crippen LogP contribution >= 0.6 is 0 Å². The average Bonchev–Trinajstić information content (AvgIpc) is 2.88. The number of ether oxygens (including phenoxy) is 2. The first kappa shape index (κ1) is 23.3. The fourth-order valence-electron chi connectivity index (χ4n) is 3.49. The predicted molar refractivity (Wildman–Crippen MR) is 135 cm³/mol. The molecule has 0 aliphatic carbocycles. The van der Waals surface area contributed by atoms with Crippen molar-refractivity contribution in [1.82, 2.24) is 0 Å². The van der Waals surface area contributed by atoms with E-state index in [9.17, 15) is 19.8 Å². The first-order chi connectivity index (χ1) is 16.9. The van der Waals surface area contributed by atoms with E-state index in [4.69, 9.17) is 9.47 Å². The number of hydrogen-bond acceptors (Lipinski definition) is 6. The molecule has 0 heterocycles. The van der Waals surface area contributed by atoms with E-state index in [2.05, 4.69) is 0 Å². The first-order valence-electron chi connectivity index (χ1n) is 10.7. The van der Waals surface area contributed by atoms with Crippen molar-refractivity contribution in [3.05, 3.63) is 108 Å². The molecule has 2 N–H and O–H groups in total. The van der Waals surface area contributed by atoms with Gasteiger partial charge in [-0.2, -0.15) is 0 Å². The van der Waals surface area contributed by atoms with Gasteiger partial charge >= 0.3 is 5.97 Å². The second-order valence-electron chi connectivity index (χ2n) is 7.72. The average molecular weight is 466 g/mol. The van der Waals surface area contributed by atoms with Gasteiger partial charge in [-0.3, -0.25) is 4.79 Å². The summed E-state index contributed by atoms with van der Waals surface area (Å²) in [6.07, 6.45) is 0.812. The minimum Gasteiger partial charge on any atom is -0.508 e. The Morgan fingerprint density at radius 2 is 1.17 bits per heavy atom. The minimum absolute atomic E-state index is 0.195. The van der Waals surface area contributed by atoms with Crippen molar-refractivity contribution >= 4 is 33.8 Å². The van der Waals surface area contributed by atoms with Crippen molar-refractivity contribution in [3.8, 4) is 23.0 Å². The Balaban J connectivity index is 0.000000189. The molecule has 35 heavy (non-hydrogen) atoms. The quantitative estimate of drug-likeness (QED) is 0.188. The summed E-state index contributed by atoms with van der Waals surface area (Å²) in [5.41, 5.74) is 1.10. The molecule has 6 heteroatoms. The van der Waals surface area contributed by atoms with E-state index in [1.807, 2.05) is 6.07 Å². The Morgan fingerprint density at radius 1 is 0.657 bits per heavy atom. The van der Waals surface area contributed by atoms with Crippen molar-refractivity contribution in [3.63, 3.8) is 0 Å². The summed E-state index contributed by atoms with van der Waals surface area (Å²) in [5.74, 6) is 1.16. The van der Waals surface area contributed by atoms with Gasteiger partial charge in [0.05, 0.1) is 12.7 Å². The molecule has 0 fully saturated rings. The molecule has 0 aromatic heterocycles. The molecule has 5 aromatic rings. The summed E-state index contributed by atoms with van der Waals surface area (Å²) in [6.45, 7) is 0. The van der Waals surface area contributed by atoms with Crippen LogP contribution in [0.1, 0.15) is 20.7 Å². The standard InChI is InChI=1S/C18H14O4.C11H8O2/c1-21-16-6-8-17(9-7-16)22-18(20)14-3-2-13-11-15(19)5-4-12(13)10-14;12-7-8-1-2-10-6-11(13)4-3-9(10)5-8/h2-11,19H,1H3;1-7,13H. The molecule has 0 atom stereocenters. The first-order valence-corrected chi connectivity index (χ1v) is 10.7. The van der Waals surface area contributed by atoms with Crippen molar-refractivity contribution in [2.24, 2.45) is 0 Å². The van der Waals surface area contributed by atoms with Gasteiger partial charge in [0.15, 0.2) is 0 Å². The molecule has 5 aromatic carbocycles. The second kappa shape index (κ2) is 10.4. The van der Waals surface area contributed by atoms with Gasteiger partial charge in [-0.25, -0.2) is 4.79 Å². The number of carbonyl (C=O) groups is 2. The Morgan fingerprint density at radius 3 is 1.77 bits per heavy atom. The lowest BCUT2D eigenvalue weighted by molar-refractivity contribution is 0.0734. The highest BCUT2D eigenvalue weighted by Crippen LogP contribution is 2.23. The summed E-state index contributed by atoms with van der Waals surface area (Å²) in [4.78, 5) is 22.6. The Hall–Kier alpha value is -4.84. The van der Waals surface area contributed by atoms with E-state index in [0.717, 1.165) is 27.8 Å². The van der Waals surface area contributed by atoms with Crippen molar-refractivity contribution in [2.75, 3.05) is 7.11 Å². The largest absolute Gasteiger partial charge is 0.508 e. The highest BCUT2D eigenvalue weighted by molar-refractivity contribution is 5.96. The Bertz CT molecular complexity index is 1510. The highest BCUT2D eigenvalue weighted by Gasteiger charge is 2.10. The van der Waals surface area contributed by atoms with Crippen LogP contribution in [0, 0.1) is 0 Å². The van der Waals surface area contributed by atoms with Crippen LogP contribution in [0.4, 0.5) is 0 Å². The fourth-order valence-corrected chi connectivity index (χ4v) is 3.49. The topological polar surface area (TPSA) is 93.1 Å². The summed E-state index contributed by atoms with van der Waals surface area (Å²) >= 11 is 0. The Kier molecular flexibility index (Phi) is 6.93. The maximum absolute atomic E-state index is 12.2. The zero-order valence-corrected chi connectivity index (χ0v) is 18.8. The molecular formula is C29H22O6. The van der Waals surface area contributed by atoms with E-state index < -0.39 is 5.97 Å². The summed E-state index contributed by atoms with van der Waals surface area (Å²) in [6, 6.07) is 27.4. The predicted octanol–water partition coefficient (Wildman–Crippen LogP) is 6.13. The number of benzene rings is 5. The lowest BCUT2D eigenvalue weighted by atomic mass is 10.1. The molecule has 0 aliphatic heterocycles. The molecule has 0 saturated heterocycles. The maximum Gasteiger partial charge on any atom is 0.343 e. The van der Waals surface area contributed by atoms with Crippen molar-refractivity contribution < 1.29 is 29.3 Å². The summed E-state index contributed by atoms with van der Waals surface area (Å²) in [7, 11) is 1.58. The molecule has 0 saturated carbocycles. The minimum atomic E-state index is -0.430. The zero-order valence-electron chi connectivity index (χ0n) is 18.8. The monoisotopic (exact) mass is 466 g/mol. The fraction of sp³-hybridized carbons (Fsp3) is 0.0345. The molecule has 0 radical (unpaired) electrons. The summed E-state index contributed by atoms with van der Waals surface area (Å²) < 4.78 is 10.4. The van der Waals surface area contributed by atoms with Gasteiger partial charge in [-0.15, -0.1) is 0 Å². The molecule has 0 amide bonds. The molecular weight excluding hydrogens is 444 g/mol. The maximum atomic E-state index is 12.2. The number of hydrogen-bond donors (Lipinski definition) is 2. The third-order valence-electron chi connectivity index (χ3n) is 5.31. The van der Waals surface area contributed by atoms with Gasteiger partial charge in [-0.1, -0.05) is 30.3 Å². The number of phenols is 2. The smallest absolute Gasteiger partial charge is 0.343 e. The normalized spacial score (nSPS) is 10.3. The number of phenolic OH excluding ortho intramolecular Hbond substituents is 2. The van der Waals surface area contributed by atoms with Crippen LogP contribution in [0.3, 0.4) is 0 Å². The van der Waals surface area contributed by atoms with Crippen LogP contribution in [0.25, 0.3) is 21.5 Å². The molecule has 0 bridgehead atoms. The van der Waals surface area contributed by atoms with Crippen molar-refractivity contribution in [2.45, 2.75) is 0 Å². The lowest BCUT2D eigenvalue weighted by Gasteiger charge is -2.06. The van der Waals surface area contributed by atoms with Crippen LogP contribution in [0.15, 0.2) is 97.1 Å². The van der Waals surface area contributed by atoms with E-state index in [1.165, 1.54) is 0 Å². The van der Waals surface area contributed by atoms with Gasteiger partial charge in [0.1, 0.15) is 29.3 Å². The van der Waals surface area contributed by atoms with E-state index >= 15 is 0 Å². The number of aldehydes is 1. The molecule has 0 unspecified atom stereocenters. The van der Waals surface area contributed by atoms with E-state index in [0.29, 0.717) is 22.6 Å². The summed E-state index contributed by atoms with van der Waals surface area (Å²) in [5, 5.41) is 22.3. The van der Waals surface area contributed by atoms with Crippen LogP contribution in [-0.2, 0) is 0 Å². The number of fused-ring (bicyclic) bond motifs is 2. The van der Waals surface area contributed by atoms with E-state index in [1.54, 1.807) is 98.1 Å². The number of aromatic hydroxyl groups is 2. The molecule has 5 rings (SSSR count). The third kappa shape index (κ3) is 5.75. The second-order valence-corrected chi connectivity index (χ2v) is 7.72. The van der Waals surface area contributed by atoms with Gasteiger partial charge in [0, 0.05) is 5.56 Å². The van der Waals surface area contributed by atoms with Gasteiger partial charge < -0.3 is 19.7 Å². The van der Waals surface area contributed by atoms with Crippen LogP contribution < -0.4 is 9.47 Å². The number of rotatable bonds is 4. The van der Waals surface area contributed by atoms with E-state index in [-0.39, 0.29) is 11.5 Å². The lowest BCUT2D eigenvalue weighted by Crippen LogP contribution is -2.08.